The van der Waals surface area contributed by atoms with E-state index in [1.807, 2.05) is 0 Å². The minimum Gasteiger partial charge on any atom is -0.456 e. The number of esters is 1. The number of ether oxygens (including phenoxy) is 1. The summed E-state index contributed by atoms with van der Waals surface area (Å²) >= 11 is 5.76. The van der Waals surface area contributed by atoms with Crippen LogP contribution in [0.1, 0.15) is 38.0 Å². The number of halogens is 1. The van der Waals surface area contributed by atoms with Crippen molar-refractivity contribution in [1.29, 1.82) is 0 Å². The second-order valence-electron chi connectivity index (χ2n) is 5.74. The molecule has 0 saturated carbocycles. The Balaban J connectivity index is 1.65. The van der Waals surface area contributed by atoms with E-state index in [1.54, 1.807) is 24.3 Å². The zero-order valence-electron chi connectivity index (χ0n) is 13.8. The van der Waals surface area contributed by atoms with Gasteiger partial charge in [0.25, 0.3) is 11.8 Å². The summed E-state index contributed by atoms with van der Waals surface area (Å²) in [6.45, 7) is 0.894. The maximum Gasteiger partial charge on any atom is 0.329 e. The van der Waals surface area contributed by atoms with Gasteiger partial charge in [-0.2, -0.15) is 0 Å². The van der Waals surface area contributed by atoms with E-state index in [0.717, 1.165) is 4.90 Å². The standard InChI is InChI=1S/C19H14ClNO5/c1-11(21-17(23)14-4-2-3-5-15(14)18(21)24)19(25)26-10-16(22)12-6-8-13(20)9-7-12/h2-9,11H,10H2,1H3/t11-/m0/s1. The van der Waals surface area contributed by atoms with Gasteiger partial charge in [-0.1, -0.05) is 23.7 Å². The van der Waals surface area contributed by atoms with Gasteiger partial charge in [0.2, 0.25) is 0 Å². The molecular weight excluding hydrogens is 358 g/mol. The molecule has 3 rings (SSSR count). The first kappa shape index (κ1) is 17.8. The number of carbonyl (C=O) groups excluding carboxylic acids is 4. The summed E-state index contributed by atoms with van der Waals surface area (Å²) in [6.07, 6.45) is 0. The molecule has 2 amide bonds. The minimum absolute atomic E-state index is 0.245. The Morgan fingerprint density at radius 1 is 1.00 bits per heavy atom. The van der Waals surface area contributed by atoms with Crippen molar-refractivity contribution in [3.05, 3.63) is 70.2 Å². The molecule has 0 radical (unpaired) electrons. The number of carbonyl (C=O) groups is 4. The number of imide groups is 1. The van der Waals surface area contributed by atoms with Crippen LogP contribution in [0.5, 0.6) is 0 Å². The van der Waals surface area contributed by atoms with Crippen molar-refractivity contribution in [1.82, 2.24) is 4.90 Å². The topological polar surface area (TPSA) is 80.8 Å². The lowest BCUT2D eigenvalue weighted by molar-refractivity contribution is -0.146. The van der Waals surface area contributed by atoms with E-state index in [-0.39, 0.29) is 11.1 Å². The van der Waals surface area contributed by atoms with Crippen molar-refractivity contribution in [2.75, 3.05) is 6.61 Å². The number of rotatable bonds is 5. The second-order valence-corrected chi connectivity index (χ2v) is 6.18. The van der Waals surface area contributed by atoms with E-state index in [0.29, 0.717) is 10.6 Å². The van der Waals surface area contributed by atoms with Crippen molar-refractivity contribution in [2.24, 2.45) is 0 Å². The summed E-state index contributed by atoms with van der Waals surface area (Å²) < 4.78 is 4.99. The third kappa shape index (κ3) is 3.23. The maximum absolute atomic E-state index is 12.4. The Bertz CT molecular complexity index is 871. The lowest BCUT2D eigenvalue weighted by atomic mass is 10.1. The third-order valence-electron chi connectivity index (χ3n) is 4.07. The lowest BCUT2D eigenvalue weighted by Crippen LogP contribution is -2.44. The van der Waals surface area contributed by atoms with Gasteiger partial charge in [0.05, 0.1) is 11.1 Å². The molecule has 2 aromatic carbocycles. The molecule has 0 saturated heterocycles. The highest BCUT2D eigenvalue weighted by molar-refractivity contribution is 6.30. The quantitative estimate of drug-likeness (QED) is 0.458. The Hall–Kier alpha value is -2.99. The molecule has 132 valence electrons. The van der Waals surface area contributed by atoms with E-state index in [2.05, 4.69) is 0 Å². The molecule has 6 nitrogen and oxygen atoms in total. The average Bonchev–Trinajstić information content (AvgIpc) is 2.90. The van der Waals surface area contributed by atoms with Crippen molar-refractivity contribution in [3.8, 4) is 0 Å². The number of ketones is 1. The fraction of sp³-hybridized carbons (Fsp3) is 0.158. The van der Waals surface area contributed by atoms with Crippen LogP contribution in [0, 0.1) is 0 Å². The van der Waals surface area contributed by atoms with Gasteiger partial charge in [0.15, 0.2) is 12.4 Å². The molecule has 2 aromatic rings. The predicted molar refractivity (Wildman–Crippen MR) is 93.1 cm³/mol. The fourth-order valence-corrected chi connectivity index (χ4v) is 2.77. The normalized spacial score (nSPS) is 14.2. The van der Waals surface area contributed by atoms with Crippen LogP contribution in [0.15, 0.2) is 48.5 Å². The van der Waals surface area contributed by atoms with Gasteiger partial charge in [-0.25, -0.2) is 4.79 Å². The Morgan fingerprint density at radius 2 is 1.54 bits per heavy atom. The molecule has 26 heavy (non-hydrogen) atoms. The summed E-state index contributed by atoms with van der Waals surface area (Å²) in [5.41, 5.74) is 0.833. The molecule has 1 atom stereocenters. The first-order chi connectivity index (χ1) is 12.4. The smallest absolute Gasteiger partial charge is 0.329 e. The Morgan fingerprint density at radius 3 is 2.08 bits per heavy atom. The number of fused-ring (bicyclic) bond motifs is 1. The monoisotopic (exact) mass is 371 g/mol. The number of hydrogen-bond donors (Lipinski definition) is 0. The molecule has 0 N–H and O–H groups in total. The number of amides is 2. The van der Waals surface area contributed by atoms with Crippen LogP contribution >= 0.6 is 11.6 Å². The Labute approximate surface area is 154 Å². The van der Waals surface area contributed by atoms with Crippen molar-refractivity contribution in [2.45, 2.75) is 13.0 Å². The van der Waals surface area contributed by atoms with Crippen LogP contribution in [-0.2, 0) is 9.53 Å². The Kier molecular flexibility index (Phi) is 4.86. The minimum atomic E-state index is -1.14. The van der Waals surface area contributed by atoms with Crippen LogP contribution in [-0.4, -0.2) is 41.1 Å². The van der Waals surface area contributed by atoms with Gasteiger partial charge in [-0.05, 0) is 43.3 Å². The first-order valence-electron chi connectivity index (χ1n) is 7.82. The molecule has 0 spiro atoms. The van der Waals surface area contributed by atoms with Gasteiger partial charge in [0, 0.05) is 10.6 Å². The van der Waals surface area contributed by atoms with Gasteiger partial charge >= 0.3 is 5.97 Å². The SMILES string of the molecule is C[C@@H](C(=O)OCC(=O)c1ccc(Cl)cc1)N1C(=O)c2ccccc2C1=O. The summed E-state index contributed by atoms with van der Waals surface area (Å²) in [5.74, 6) is -2.36. The summed E-state index contributed by atoms with van der Waals surface area (Å²) in [6, 6.07) is 11.3. The van der Waals surface area contributed by atoms with E-state index < -0.39 is 36.2 Å². The molecule has 1 aliphatic rings. The maximum atomic E-state index is 12.4. The summed E-state index contributed by atoms with van der Waals surface area (Å²) in [5, 5.41) is 0.484. The van der Waals surface area contributed by atoms with Crippen molar-refractivity contribution in [3.63, 3.8) is 0 Å². The van der Waals surface area contributed by atoms with Gasteiger partial charge < -0.3 is 4.74 Å². The average molecular weight is 372 g/mol. The zero-order valence-corrected chi connectivity index (χ0v) is 14.5. The molecule has 0 bridgehead atoms. The number of benzene rings is 2. The van der Waals surface area contributed by atoms with Gasteiger partial charge in [-0.15, -0.1) is 0 Å². The lowest BCUT2D eigenvalue weighted by Gasteiger charge is -2.20. The van der Waals surface area contributed by atoms with E-state index >= 15 is 0 Å². The van der Waals surface area contributed by atoms with Crippen LogP contribution in [0.25, 0.3) is 0 Å². The van der Waals surface area contributed by atoms with Gasteiger partial charge in [0.1, 0.15) is 6.04 Å². The van der Waals surface area contributed by atoms with Crippen molar-refractivity contribution >= 4 is 35.2 Å². The molecule has 0 aromatic heterocycles. The highest BCUT2D eigenvalue weighted by Crippen LogP contribution is 2.24. The largest absolute Gasteiger partial charge is 0.456 e. The predicted octanol–water partition coefficient (Wildman–Crippen LogP) is 2.75. The number of nitrogens with zero attached hydrogens (tertiary/aromatic N) is 1. The molecule has 0 aliphatic carbocycles. The van der Waals surface area contributed by atoms with Crippen molar-refractivity contribution < 1.29 is 23.9 Å². The van der Waals surface area contributed by atoms with E-state index in [9.17, 15) is 19.2 Å². The first-order valence-corrected chi connectivity index (χ1v) is 8.20. The molecule has 7 heteroatoms. The van der Waals surface area contributed by atoms with Crippen LogP contribution in [0.2, 0.25) is 5.02 Å². The molecular formula is C19H14ClNO5. The van der Waals surface area contributed by atoms with E-state index in [1.165, 1.54) is 31.2 Å². The molecule has 0 fully saturated rings. The van der Waals surface area contributed by atoms with Crippen LogP contribution in [0.4, 0.5) is 0 Å². The molecule has 0 unspecified atom stereocenters. The van der Waals surface area contributed by atoms with Crippen LogP contribution < -0.4 is 0 Å². The highest BCUT2D eigenvalue weighted by atomic mass is 35.5. The van der Waals surface area contributed by atoms with Gasteiger partial charge in [-0.3, -0.25) is 19.3 Å². The summed E-state index contributed by atoms with van der Waals surface area (Å²) in [7, 11) is 0. The molecule has 1 heterocycles. The summed E-state index contributed by atoms with van der Waals surface area (Å²) in [4.78, 5) is 49.8. The number of Topliss-reactive ketones (excluding diaryl/α,β-unsaturated/α-hetero) is 1. The van der Waals surface area contributed by atoms with E-state index in [4.69, 9.17) is 16.3 Å². The second kappa shape index (κ2) is 7.09. The fourth-order valence-electron chi connectivity index (χ4n) is 2.64. The number of hydrogen-bond acceptors (Lipinski definition) is 5. The zero-order chi connectivity index (χ0) is 18.8. The highest BCUT2D eigenvalue weighted by Gasteiger charge is 2.41. The van der Waals surface area contributed by atoms with Crippen LogP contribution in [0.3, 0.4) is 0 Å². The molecule has 1 aliphatic heterocycles. The third-order valence-corrected chi connectivity index (χ3v) is 4.32.